The van der Waals surface area contributed by atoms with Crippen molar-refractivity contribution in [1.29, 1.82) is 0 Å². The second kappa shape index (κ2) is 5.54. The topological polar surface area (TPSA) is 61.5 Å². The van der Waals surface area contributed by atoms with Gasteiger partial charge in [0.2, 0.25) is 0 Å². The van der Waals surface area contributed by atoms with Gasteiger partial charge in [-0.3, -0.25) is 4.79 Å². The highest BCUT2D eigenvalue weighted by molar-refractivity contribution is 7.12. The molecule has 4 nitrogen and oxygen atoms in total. The van der Waals surface area contributed by atoms with E-state index >= 15 is 0 Å². The van der Waals surface area contributed by atoms with Gasteiger partial charge in [0.1, 0.15) is 0 Å². The van der Waals surface area contributed by atoms with Crippen LogP contribution < -0.4 is 15.2 Å². The number of hydrogen-bond acceptors (Lipinski definition) is 5. The Bertz CT molecular complexity index is 661. The van der Waals surface area contributed by atoms with E-state index in [4.69, 9.17) is 15.2 Å². The van der Waals surface area contributed by atoms with Gasteiger partial charge in [0.25, 0.3) is 0 Å². The number of aryl methyl sites for hydroxylation is 2. The highest BCUT2D eigenvalue weighted by Crippen LogP contribution is 2.34. The molecule has 5 heteroatoms. The second-order valence-electron chi connectivity index (χ2n) is 4.45. The van der Waals surface area contributed by atoms with Crippen LogP contribution in [-0.4, -0.2) is 20.0 Å². The number of nitrogens with two attached hydrogens (primary N) is 1. The standard InChI is InChI=1S/C15H17NO3S/c1-8-5-10(9(2)20-8)15(17)11-6-13(18-3)14(19-4)7-12(11)16/h5-7H,16H2,1-4H3. The van der Waals surface area contributed by atoms with Gasteiger partial charge in [0.05, 0.1) is 14.2 Å². The van der Waals surface area contributed by atoms with E-state index in [2.05, 4.69) is 0 Å². The molecule has 0 unspecified atom stereocenters. The normalized spacial score (nSPS) is 10.4. The van der Waals surface area contributed by atoms with E-state index < -0.39 is 0 Å². The van der Waals surface area contributed by atoms with Crippen molar-refractivity contribution < 1.29 is 14.3 Å². The number of ether oxygens (including phenoxy) is 2. The molecule has 0 aliphatic carbocycles. The first-order chi connectivity index (χ1) is 9.47. The maximum atomic E-state index is 12.6. The third-order valence-electron chi connectivity index (χ3n) is 3.09. The lowest BCUT2D eigenvalue weighted by molar-refractivity contribution is 0.103. The zero-order chi connectivity index (χ0) is 14.9. The summed E-state index contributed by atoms with van der Waals surface area (Å²) in [6.07, 6.45) is 0. The first kappa shape index (κ1) is 14.4. The summed E-state index contributed by atoms with van der Waals surface area (Å²) in [4.78, 5) is 14.7. The van der Waals surface area contributed by atoms with Crippen LogP contribution in [0.1, 0.15) is 25.7 Å². The van der Waals surface area contributed by atoms with E-state index in [0.717, 1.165) is 9.75 Å². The molecule has 0 radical (unpaired) electrons. The van der Waals surface area contributed by atoms with Crippen LogP contribution in [0.15, 0.2) is 18.2 Å². The maximum absolute atomic E-state index is 12.6. The predicted octanol–water partition coefficient (Wildman–Crippen LogP) is 3.20. The Morgan fingerprint density at radius 3 is 2.15 bits per heavy atom. The predicted molar refractivity (Wildman–Crippen MR) is 81.2 cm³/mol. The lowest BCUT2D eigenvalue weighted by Gasteiger charge is -2.11. The van der Waals surface area contributed by atoms with Crippen molar-refractivity contribution in [2.24, 2.45) is 0 Å². The monoisotopic (exact) mass is 291 g/mol. The molecular weight excluding hydrogens is 274 g/mol. The summed E-state index contributed by atoms with van der Waals surface area (Å²) in [5, 5.41) is 0. The molecule has 0 aliphatic heterocycles. The van der Waals surface area contributed by atoms with Gasteiger partial charge in [-0.25, -0.2) is 0 Å². The maximum Gasteiger partial charge on any atom is 0.196 e. The van der Waals surface area contributed by atoms with Crippen LogP contribution in [0.2, 0.25) is 0 Å². The number of nitrogen functional groups attached to an aromatic ring is 1. The van der Waals surface area contributed by atoms with Gasteiger partial charge in [-0.15, -0.1) is 11.3 Å². The van der Waals surface area contributed by atoms with Gasteiger partial charge in [-0.1, -0.05) is 0 Å². The summed E-state index contributed by atoms with van der Waals surface area (Å²) in [5.74, 6) is 0.916. The molecule has 2 aromatic rings. The highest BCUT2D eigenvalue weighted by Gasteiger charge is 2.19. The molecule has 0 saturated heterocycles. The Morgan fingerprint density at radius 2 is 1.65 bits per heavy atom. The number of thiophene rings is 1. The molecule has 0 spiro atoms. The fourth-order valence-electron chi connectivity index (χ4n) is 2.09. The Morgan fingerprint density at radius 1 is 1.05 bits per heavy atom. The molecular formula is C15H17NO3S. The third kappa shape index (κ3) is 2.49. The molecule has 0 atom stereocenters. The van der Waals surface area contributed by atoms with Crippen LogP contribution in [0.4, 0.5) is 5.69 Å². The van der Waals surface area contributed by atoms with Crippen LogP contribution in [0.5, 0.6) is 11.5 Å². The summed E-state index contributed by atoms with van der Waals surface area (Å²) in [6, 6.07) is 5.13. The molecule has 1 aromatic carbocycles. The summed E-state index contributed by atoms with van der Waals surface area (Å²) >= 11 is 1.60. The molecule has 106 valence electrons. The van der Waals surface area contributed by atoms with E-state index in [9.17, 15) is 4.79 Å². The molecule has 1 aromatic heterocycles. The van der Waals surface area contributed by atoms with Gasteiger partial charge in [0.15, 0.2) is 17.3 Å². The average Bonchev–Trinajstić information content (AvgIpc) is 2.76. The molecule has 0 saturated carbocycles. The van der Waals surface area contributed by atoms with Gasteiger partial charge < -0.3 is 15.2 Å². The number of carbonyl (C=O) groups excluding carboxylic acids is 1. The van der Waals surface area contributed by atoms with Crippen molar-refractivity contribution in [3.05, 3.63) is 39.1 Å². The second-order valence-corrected chi connectivity index (χ2v) is 5.91. The van der Waals surface area contributed by atoms with Crippen molar-refractivity contribution in [1.82, 2.24) is 0 Å². The van der Waals surface area contributed by atoms with Crippen molar-refractivity contribution in [3.8, 4) is 11.5 Å². The van der Waals surface area contributed by atoms with Gasteiger partial charge in [-0.2, -0.15) is 0 Å². The molecule has 1 heterocycles. The lowest BCUT2D eigenvalue weighted by atomic mass is 10.0. The number of methoxy groups -OCH3 is 2. The minimum Gasteiger partial charge on any atom is -0.493 e. The number of carbonyl (C=O) groups is 1. The SMILES string of the molecule is COc1cc(N)c(C(=O)c2cc(C)sc2C)cc1OC. The van der Waals surface area contributed by atoms with Crippen molar-refractivity contribution in [2.75, 3.05) is 20.0 Å². The van der Waals surface area contributed by atoms with Crippen LogP contribution >= 0.6 is 11.3 Å². The molecule has 2 rings (SSSR count). The summed E-state index contributed by atoms with van der Waals surface area (Å²) < 4.78 is 10.4. The fraction of sp³-hybridized carbons (Fsp3) is 0.267. The zero-order valence-corrected chi connectivity index (χ0v) is 12.8. The molecule has 20 heavy (non-hydrogen) atoms. The number of rotatable bonds is 4. The largest absolute Gasteiger partial charge is 0.493 e. The molecule has 0 fully saturated rings. The van der Waals surface area contributed by atoms with Crippen LogP contribution in [-0.2, 0) is 0 Å². The van der Waals surface area contributed by atoms with E-state index in [0.29, 0.717) is 28.3 Å². The molecule has 0 amide bonds. The highest BCUT2D eigenvalue weighted by atomic mass is 32.1. The van der Waals surface area contributed by atoms with Gasteiger partial charge in [0, 0.05) is 32.6 Å². The number of ketones is 1. The Balaban J connectivity index is 2.52. The van der Waals surface area contributed by atoms with E-state index in [1.54, 1.807) is 23.5 Å². The first-order valence-corrected chi connectivity index (χ1v) is 6.92. The van der Waals surface area contributed by atoms with E-state index in [-0.39, 0.29) is 5.78 Å². The fourth-order valence-corrected chi connectivity index (χ4v) is 3.01. The minimum atomic E-state index is -0.0923. The Hall–Kier alpha value is -2.01. The van der Waals surface area contributed by atoms with Crippen LogP contribution in [0.25, 0.3) is 0 Å². The zero-order valence-electron chi connectivity index (χ0n) is 11.9. The third-order valence-corrected chi connectivity index (χ3v) is 4.05. The number of benzene rings is 1. The van der Waals surface area contributed by atoms with Crippen molar-refractivity contribution >= 4 is 22.8 Å². The Labute approximate surface area is 122 Å². The minimum absolute atomic E-state index is 0.0923. The number of anilines is 1. The van der Waals surface area contributed by atoms with Gasteiger partial charge >= 0.3 is 0 Å². The van der Waals surface area contributed by atoms with Crippen molar-refractivity contribution in [3.63, 3.8) is 0 Å². The molecule has 2 N–H and O–H groups in total. The molecule has 0 bridgehead atoms. The number of hydrogen-bond donors (Lipinski definition) is 1. The summed E-state index contributed by atoms with van der Waals surface area (Å²) in [7, 11) is 3.06. The van der Waals surface area contributed by atoms with Gasteiger partial charge in [-0.05, 0) is 26.0 Å². The summed E-state index contributed by atoms with van der Waals surface area (Å²) in [6.45, 7) is 3.91. The average molecular weight is 291 g/mol. The quantitative estimate of drug-likeness (QED) is 0.694. The molecule has 0 aliphatic rings. The first-order valence-electron chi connectivity index (χ1n) is 6.11. The van der Waals surface area contributed by atoms with Crippen LogP contribution in [0.3, 0.4) is 0 Å². The van der Waals surface area contributed by atoms with E-state index in [1.807, 2.05) is 19.9 Å². The van der Waals surface area contributed by atoms with Crippen molar-refractivity contribution in [2.45, 2.75) is 13.8 Å². The smallest absolute Gasteiger partial charge is 0.196 e. The van der Waals surface area contributed by atoms with E-state index in [1.165, 1.54) is 14.2 Å². The Kier molecular flexibility index (Phi) is 3.99. The van der Waals surface area contributed by atoms with Crippen LogP contribution in [0, 0.1) is 13.8 Å². The summed E-state index contributed by atoms with van der Waals surface area (Å²) in [5.41, 5.74) is 7.47. The lowest BCUT2D eigenvalue weighted by Crippen LogP contribution is -2.07.